The highest BCUT2D eigenvalue weighted by Crippen LogP contribution is 2.45. The summed E-state index contributed by atoms with van der Waals surface area (Å²) in [5, 5.41) is 1.27. The van der Waals surface area contributed by atoms with Crippen LogP contribution in [0.4, 0.5) is 5.82 Å². The van der Waals surface area contributed by atoms with E-state index in [9.17, 15) is 4.79 Å². The van der Waals surface area contributed by atoms with Gasteiger partial charge in [-0.05, 0) is 55.7 Å². The average Bonchev–Trinajstić information content (AvgIpc) is 3.68. The molecule has 0 radical (unpaired) electrons. The molecule has 2 fully saturated rings. The Labute approximate surface area is 210 Å². The molecule has 184 valence electrons. The number of carbonyl (C=O) groups excluding carboxylic acids is 1. The number of anilines is 1. The van der Waals surface area contributed by atoms with Gasteiger partial charge in [0, 0.05) is 37.0 Å². The van der Waals surface area contributed by atoms with Crippen LogP contribution in [-0.4, -0.2) is 61.2 Å². The minimum absolute atomic E-state index is 0.0487. The largest absolute Gasteiger partial charge is 0.496 e. The van der Waals surface area contributed by atoms with Crippen molar-refractivity contribution in [3.05, 3.63) is 40.0 Å². The van der Waals surface area contributed by atoms with Gasteiger partial charge in [-0.15, -0.1) is 11.3 Å². The Morgan fingerprint density at radius 3 is 2.40 bits per heavy atom. The van der Waals surface area contributed by atoms with E-state index >= 15 is 0 Å². The van der Waals surface area contributed by atoms with Crippen LogP contribution >= 0.6 is 11.3 Å². The molecule has 1 unspecified atom stereocenters. The molecule has 8 heteroatoms. The predicted molar refractivity (Wildman–Crippen MR) is 138 cm³/mol. The molecule has 1 atom stereocenters. The summed E-state index contributed by atoms with van der Waals surface area (Å²) in [5.41, 5.74) is 1.96. The number of rotatable bonds is 5. The Bertz CT molecular complexity index is 1250. The second-order valence-corrected chi connectivity index (χ2v) is 11.1. The van der Waals surface area contributed by atoms with Crippen LogP contribution in [0.15, 0.2) is 18.2 Å². The van der Waals surface area contributed by atoms with E-state index in [1.807, 2.05) is 34.4 Å². The molecule has 0 spiro atoms. The summed E-state index contributed by atoms with van der Waals surface area (Å²) in [6.07, 6.45) is 5.87. The summed E-state index contributed by atoms with van der Waals surface area (Å²) in [6.45, 7) is 5.12. The fraction of sp³-hybridized carbons (Fsp3) is 0.519. The maximum absolute atomic E-state index is 13.5. The minimum atomic E-state index is -0.0487. The molecule has 1 aromatic carbocycles. The van der Waals surface area contributed by atoms with Crippen LogP contribution in [0.25, 0.3) is 10.2 Å². The van der Waals surface area contributed by atoms with Gasteiger partial charge in [-0.2, -0.15) is 0 Å². The maximum Gasteiger partial charge on any atom is 0.261 e. The molecule has 1 saturated heterocycles. The number of carbonyl (C=O) groups is 1. The van der Waals surface area contributed by atoms with Crippen molar-refractivity contribution in [1.82, 2.24) is 14.9 Å². The third-order valence-electron chi connectivity index (χ3n) is 7.60. The second-order valence-electron chi connectivity index (χ2n) is 10.0. The van der Waals surface area contributed by atoms with E-state index in [0.717, 1.165) is 48.3 Å². The smallest absolute Gasteiger partial charge is 0.261 e. The van der Waals surface area contributed by atoms with E-state index < -0.39 is 0 Å². The van der Waals surface area contributed by atoms with Gasteiger partial charge in [0.05, 0.1) is 19.6 Å². The van der Waals surface area contributed by atoms with Crippen LogP contribution in [0.3, 0.4) is 0 Å². The van der Waals surface area contributed by atoms with Crippen LogP contribution in [-0.2, 0) is 12.8 Å². The lowest BCUT2D eigenvalue weighted by Gasteiger charge is -2.36. The van der Waals surface area contributed by atoms with Crippen molar-refractivity contribution < 1.29 is 14.3 Å². The molecule has 3 heterocycles. The fourth-order valence-corrected chi connectivity index (χ4v) is 6.82. The number of hydrogen-bond acceptors (Lipinski definition) is 7. The third-order valence-corrected chi connectivity index (χ3v) is 8.75. The van der Waals surface area contributed by atoms with Gasteiger partial charge in [0.25, 0.3) is 5.91 Å². The first-order chi connectivity index (χ1) is 17.1. The number of benzene rings is 1. The molecule has 6 rings (SSSR count). The minimum Gasteiger partial charge on any atom is -0.496 e. The van der Waals surface area contributed by atoms with Gasteiger partial charge < -0.3 is 19.3 Å². The lowest BCUT2D eigenvalue weighted by molar-refractivity contribution is 0.0739. The van der Waals surface area contributed by atoms with Crippen LogP contribution < -0.4 is 14.4 Å². The number of aromatic nitrogens is 2. The molecule has 35 heavy (non-hydrogen) atoms. The van der Waals surface area contributed by atoms with Crippen molar-refractivity contribution in [2.45, 2.75) is 44.9 Å². The summed E-state index contributed by atoms with van der Waals surface area (Å²) in [6, 6.07) is 5.46. The highest BCUT2D eigenvalue weighted by Gasteiger charge is 2.33. The van der Waals surface area contributed by atoms with Gasteiger partial charge in [-0.1, -0.05) is 13.0 Å². The number of thiophene rings is 1. The predicted octanol–water partition coefficient (Wildman–Crippen LogP) is 4.67. The summed E-state index contributed by atoms with van der Waals surface area (Å²) in [4.78, 5) is 30.6. The first-order valence-corrected chi connectivity index (χ1v) is 13.5. The van der Waals surface area contributed by atoms with E-state index in [-0.39, 0.29) is 5.91 Å². The van der Waals surface area contributed by atoms with Crippen molar-refractivity contribution in [3.8, 4) is 11.5 Å². The van der Waals surface area contributed by atoms with Crippen molar-refractivity contribution in [2.24, 2.45) is 5.92 Å². The lowest BCUT2D eigenvalue weighted by atomic mass is 9.89. The molecule has 1 amide bonds. The molecule has 0 bridgehead atoms. The second kappa shape index (κ2) is 8.97. The Kier molecular flexibility index (Phi) is 5.79. The molecule has 3 aromatic rings. The van der Waals surface area contributed by atoms with E-state index in [1.165, 1.54) is 35.1 Å². The molecular weight excluding hydrogens is 460 g/mol. The number of hydrogen-bond donors (Lipinski definition) is 0. The molecule has 7 nitrogen and oxygen atoms in total. The summed E-state index contributed by atoms with van der Waals surface area (Å²) >= 11 is 1.88. The number of amides is 1. The van der Waals surface area contributed by atoms with Gasteiger partial charge in [-0.3, -0.25) is 4.79 Å². The summed E-state index contributed by atoms with van der Waals surface area (Å²) in [7, 11) is 3.17. The Morgan fingerprint density at radius 2 is 1.74 bits per heavy atom. The fourth-order valence-electron chi connectivity index (χ4n) is 5.43. The highest BCUT2D eigenvalue weighted by molar-refractivity contribution is 7.19. The number of aryl methyl sites for hydroxylation is 1. The third kappa shape index (κ3) is 4.01. The Hall–Kier alpha value is -2.87. The average molecular weight is 493 g/mol. The molecule has 2 aromatic heterocycles. The quantitative estimate of drug-likeness (QED) is 0.516. The van der Waals surface area contributed by atoms with E-state index in [1.54, 1.807) is 14.2 Å². The number of methoxy groups -OCH3 is 2. The van der Waals surface area contributed by atoms with Gasteiger partial charge in [0.1, 0.15) is 33.5 Å². The number of piperazine rings is 1. The molecule has 0 N–H and O–H groups in total. The van der Waals surface area contributed by atoms with Crippen molar-refractivity contribution in [1.29, 1.82) is 0 Å². The topological polar surface area (TPSA) is 67.8 Å². The van der Waals surface area contributed by atoms with Crippen LogP contribution in [0.1, 0.15) is 58.7 Å². The SMILES string of the molecule is COc1cccc(OC)c1C(=O)N1CCN(c2nc(C3CC3)nc3sc4c(c23)CCC(C)C4)CC1. The van der Waals surface area contributed by atoms with Gasteiger partial charge in [0.15, 0.2) is 0 Å². The molecule has 1 aliphatic heterocycles. The zero-order valence-electron chi connectivity index (χ0n) is 20.7. The summed E-state index contributed by atoms with van der Waals surface area (Å²) in [5.74, 6) is 4.38. The van der Waals surface area contributed by atoms with E-state index in [0.29, 0.717) is 36.1 Å². The molecule has 1 saturated carbocycles. The molecule has 2 aliphatic carbocycles. The summed E-state index contributed by atoms with van der Waals surface area (Å²) < 4.78 is 11.0. The van der Waals surface area contributed by atoms with Crippen molar-refractivity contribution in [2.75, 3.05) is 45.3 Å². The van der Waals surface area contributed by atoms with Crippen LogP contribution in [0, 0.1) is 5.92 Å². The van der Waals surface area contributed by atoms with Crippen LogP contribution in [0.2, 0.25) is 0 Å². The normalized spacial score (nSPS) is 20.1. The monoisotopic (exact) mass is 492 g/mol. The maximum atomic E-state index is 13.5. The Balaban J connectivity index is 1.29. The zero-order chi connectivity index (χ0) is 24.1. The van der Waals surface area contributed by atoms with Crippen molar-refractivity contribution in [3.63, 3.8) is 0 Å². The molecular formula is C27H32N4O3S. The number of fused-ring (bicyclic) bond motifs is 3. The standard InChI is InChI=1S/C27H32N4O3S/c1-16-7-10-18-21(15-16)35-26-22(18)25(28-24(29-26)17-8-9-17)30-11-13-31(14-12-30)27(32)23-19(33-2)5-4-6-20(23)34-3/h4-6,16-17H,7-15H2,1-3H3. The molecule has 3 aliphatic rings. The Morgan fingerprint density at radius 1 is 1.03 bits per heavy atom. The lowest BCUT2D eigenvalue weighted by Crippen LogP contribution is -2.49. The number of nitrogens with zero attached hydrogens (tertiary/aromatic N) is 4. The van der Waals surface area contributed by atoms with Crippen molar-refractivity contribution >= 4 is 33.3 Å². The highest BCUT2D eigenvalue weighted by atomic mass is 32.1. The van der Waals surface area contributed by atoms with E-state index in [2.05, 4.69) is 11.8 Å². The van der Waals surface area contributed by atoms with Crippen LogP contribution in [0.5, 0.6) is 11.5 Å². The van der Waals surface area contributed by atoms with Gasteiger partial charge >= 0.3 is 0 Å². The zero-order valence-corrected chi connectivity index (χ0v) is 21.5. The van der Waals surface area contributed by atoms with E-state index in [4.69, 9.17) is 19.4 Å². The van der Waals surface area contributed by atoms with Gasteiger partial charge in [-0.25, -0.2) is 9.97 Å². The first kappa shape index (κ1) is 22.6. The first-order valence-electron chi connectivity index (χ1n) is 12.6. The van der Waals surface area contributed by atoms with Gasteiger partial charge in [0.2, 0.25) is 0 Å². The number of ether oxygens (including phenoxy) is 2.